The summed E-state index contributed by atoms with van der Waals surface area (Å²) < 4.78 is 0. The molecular weight excluding hydrogens is 166 g/mol. The molecule has 76 valence electrons. The van der Waals surface area contributed by atoms with E-state index < -0.39 is 0 Å². The van der Waals surface area contributed by atoms with Gasteiger partial charge >= 0.3 is 0 Å². The second-order valence-corrected chi connectivity index (χ2v) is 3.81. The van der Waals surface area contributed by atoms with Gasteiger partial charge in [0.25, 0.3) is 0 Å². The molecule has 0 radical (unpaired) electrons. The zero-order chi connectivity index (χ0) is 10.0. The lowest BCUT2D eigenvalue weighted by atomic mass is 10.1. The maximum absolute atomic E-state index is 11.8. The first kappa shape index (κ1) is 10.5. The number of carbonyl (C=O) groups is 1. The van der Waals surface area contributed by atoms with E-state index in [-0.39, 0.29) is 11.9 Å². The van der Waals surface area contributed by atoms with Gasteiger partial charge < -0.3 is 10.2 Å². The lowest BCUT2D eigenvalue weighted by Crippen LogP contribution is -2.60. The average molecular weight is 185 g/mol. The van der Waals surface area contributed by atoms with Gasteiger partial charge in [0.15, 0.2) is 0 Å². The van der Waals surface area contributed by atoms with Crippen LogP contribution in [0, 0.1) is 0 Å². The Morgan fingerprint density at radius 2 is 2.15 bits per heavy atom. The normalized spacial score (nSPS) is 31.1. The molecular formula is C9H19N3O. The number of piperazine rings is 1. The smallest absolute Gasteiger partial charge is 0.241 e. The average Bonchev–Trinajstić information content (AvgIpc) is 2.09. The molecule has 1 amide bonds. The van der Waals surface area contributed by atoms with Crippen molar-refractivity contribution in [3.05, 3.63) is 0 Å². The van der Waals surface area contributed by atoms with E-state index in [1.807, 2.05) is 26.0 Å². The van der Waals surface area contributed by atoms with Crippen LogP contribution in [0.4, 0.5) is 0 Å². The van der Waals surface area contributed by atoms with Crippen molar-refractivity contribution in [3.63, 3.8) is 0 Å². The molecule has 0 saturated carbocycles. The van der Waals surface area contributed by atoms with Gasteiger partial charge in [0, 0.05) is 26.2 Å². The van der Waals surface area contributed by atoms with Crippen molar-refractivity contribution in [1.29, 1.82) is 0 Å². The van der Waals surface area contributed by atoms with Crippen LogP contribution in [0.15, 0.2) is 0 Å². The Morgan fingerprint density at radius 1 is 1.54 bits per heavy atom. The number of nitrogens with one attached hydrogen (secondary N) is 1. The largest absolute Gasteiger partial charge is 0.340 e. The van der Waals surface area contributed by atoms with E-state index in [2.05, 4.69) is 17.1 Å². The second-order valence-electron chi connectivity index (χ2n) is 3.81. The van der Waals surface area contributed by atoms with E-state index >= 15 is 0 Å². The molecule has 13 heavy (non-hydrogen) atoms. The highest BCUT2D eigenvalue weighted by atomic mass is 16.2. The molecule has 0 bridgehead atoms. The fourth-order valence-electron chi connectivity index (χ4n) is 1.74. The van der Waals surface area contributed by atoms with E-state index in [0.717, 1.165) is 13.1 Å². The van der Waals surface area contributed by atoms with Gasteiger partial charge in [-0.05, 0) is 21.0 Å². The number of rotatable bonds is 2. The third kappa shape index (κ3) is 2.00. The molecule has 1 aliphatic rings. The summed E-state index contributed by atoms with van der Waals surface area (Å²) >= 11 is 0. The van der Waals surface area contributed by atoms with E-state index in [1.54, 1.807) is 0 Å². The highest BCUT2D eigenvalue weighted by molar-refractivity contribution is 5.83. The molecule has 1 heterocycles. The number of hydrogen-bond donors (Lipinski definition) is 1. The molecule has 4 heteroatoms. The Balaban J connectivity index is 2.67. The van der Waals surface area contributed by atoms with E-state index in [1.165, 1.54) is 0 Å². The van der Waals surface area contributed by atoms with E-state index in [4.69, 9.17) is 0 Å². The minimum absolute atomic E-state index is 0.00574. The quantitative estimate of drug-likeness (QED) is 0.622. The lowest BCUT2D eigenvalue weighted by molar-refractivity contribution is -0.142. The van der Waals surface area contributed by atoms with Crippen molar-refractivity contribution in [2.45, 2.75) is 19.0 Å². The van der Waals surface area contributed by atoms with Crippen LogP contribution in [0.1, 0.15) is 6.92 Å². The third-order valence-corrected chi connectivity index (χ3v) is 2.78. The van der Waals surface area contributed by atoms with Crippen LogP contribution < -0.4 is 5.32 Å². The zero-order valence-electron chi connectivity index (χ0n) is 8.87. The van der Waals surface area contributed by atoms with Gasteiger partial charge in [-0.25, -0.2) is 0 Å². The van der Waals surface area contributed by atoms with Crippen LogP contribution in [0.25, 0.3) is 0 Å². The van der Waals surface area contributed by atoms with Crippen LogP contribution in [0.5, 0.6) is 0 Å². The standard InChI is InChI=1S/C9H19N3O/c1-7-6-11(3)8(5-10-2)9(13)12(7)4/h7-8,10H,5-6H2,1-4H3. The first-order valence-corrected chi connectivity index (χ1v) is 4.69. The fraction of sp³-hybridized carbons (Fsp3) is 0.889. The monoisotopic (exact) mass is 185 g/mol. The Bertz CT molecular complexity index is 195. The number of hydrogen-bond acceptors (Lipinski definition) is 3. The zero-order valence-corrected chi connectivity index (χ0v) is 8.87. The molecule has 0 aliphatic carbocycles. The summed E-state index contributed by atoms with van der Waals surface area (Å²) in [7, 11) is 5.76. The van der Waals surface area contributed by atoms with Crippen molar-refractivity contribution in [2.24, 2.45) is 0 Å². The van der Waals surface area contributed by atoms with Crippen molar-refractivity contribution in [1.82, 2.24) is 15.1 Å². The van der Waals surface area contributed by atoms with Gasteiger partial charge in [-0.3, -0.25) is 9.69 Å². The van der Waals surface area contributed by atoms with Crippen molar-refractivity contribution >= 4 is 5.91 Å². The summed E-state index contributed by atoms with van der Waals surface area (Å²) in [5.74, 6) is 0.218. The van der Waals surface area contributed by atoms with E-state index in [9.17, 15) is 4.79 Å². The Labute approximate surface area is 79.9 Å². The third-order valence-electron chi connectivity index (χ3n) is 2.78. The summed E-state index contributed by atoms with van der Waals surface area (Å²) in [6, 6.07) is 0.330. The van der Waals surface area contributed by atoms with Gasteiger partial charge in [-0.1, -0.05) is 0 Å². The SMILES string of the molecule is CNCC1C(=O)N(C)C(C)CN1C. The molecule has 1 N–H and O–H groups in total. The number of nitrogens with zero attached hydrogens (tertiary/aromatic N) is 2. The minimum atomic E-state index is 0.00574. The molecule has 1 rings (SSSR count). The van der Waals surface area contributed by atoms with Crippen LogP contribution >= 0.6 is 0 Å². The van der Waals surface area contributed by atoms with Gasteiger partial charge in [0.05, 0.1) is 0 Å². The van der Waals surface area contributed by atoms with Crippen LogP contribution in [0.2, 0.25) is 0 Å². The highest BCUT2D eigenvalue weighted by Gasteiger charge is 2.33. The Hall–Kier alpha value is -0.610. The topological polar surface area (TPSA) is 35.6 Å². The van der Waals surface area contributed by atoms with E-state index in [0.29, 0.717) is 6.04 Å². The summed E-state index contributed by atoms with van der Waals surface area (Å²) in [6.07, 6.45) is 0. The molecule has 0 aromatic heterocycles. The molecule has 2 atom stereocenters. The number of amides is 1. The predicted octanol–water partition coefficient (Wildman–Crippen LogP) is -0.633. The van der Waals surface area contributed by atoms with Crippen molar-refractivity contribution < 1.29 is 4.79 Å². The Morgan fingerprint density at radius 3 is 2.69 bits per heavy atom. The fourth-order valence-corrected chi connectivity index (χ4v) is 1.74. The second kappa shape index (κ2) is 4.07. The molecule has 1 fully saturated rings. The van der Waals surface area contributed by atoms with Crippen molar-refractivity contribution in [3.8, 4) is 0 Å². The van der Waals surface area contributed by atoms with Gasteiger partial charge in [0.1, 0.15) is 6.04 Å². The maximum atomic E-state index is 11.8. The number of carbonyl (C=O) groups excluding carboxylic acids is 1. The molecule has 0 aromatic carbocycles. The highest BCUT2D eigenvalue weighted by Crippen LogP contribution is 2.12. The van der Waals surface area contributed by atoms with Crippen molar-refractivity contribution in [2.75, 3.05) is 34.2 Å². The van der Waals surface area contributed by atoms with Crippen LogP contribution in [0.3, 0.4) is 0 Å². The molecule has 0 spiro atoms. The van der Waals surface area contributed by atoms with Gasteiger partial charge in [0.2, 0.25) is 5.91 Å². The summed E-state index contributed by atoms with van der Waals surface area (Å²) in [4.78, 5) is 15.7. The first-order chi connectivity index (χ1) is 6.07. The molecule has 1 aliphatic heterocycles. The first-order valence-electron chi connectivity index (χ1n) is 4.69. The van der Waals surface area contributed by atoms with Crippen LogP contribution in [-0.2, 0) is 4.79 Å². The summed E-state index contributed by atoms with van der Waals surface area (Å²) in [6.45, 7) is 3.75. The lowest BCUT2D eigenvalue weighted by Gasteiger charge is -2.41. The van der Waals surface area contributed by atoms with Gasteiger partial charge in [-0.15, -0.1) is 0 Å². The molecule has 2 unspecified atom stereocenters. The Kier molecular flexibility index (Phi) is 3.27. The summed E-state index contributed by atoms with van der Waals surface area (Å²) in [5, 5.41) is 3.04. The van der Waals surface area contributed by atoms with Crippen LogP contribution in [-0.4, -0.2) is 62.0 Å². The summed E-state index contributed by atoms with van der Waals surface area (Å²) in [5.41, 5.74) is 0. The minimum Gasteiger partial charge on any atom is -0.340 e. The number of likely N-dealkylation sites (N-methyl/N-ethyl adjacent to an activating group) is 3. The van der Waals surface area contributed by atoms with Gasteiger partial charge in [-0.2, -0.15) is 0 Å². The maximum Gasteiger partial charge on any atom is 0.241 e. The predicted molar refractivity (Wildman–Crippen MR) is 52.6 cm³/mol. The molecule has 4 nitrogen and oxygen atoms in total. The molecule has 1 saturated heterocycles. The molecule has 0 aromatic rings.